The van der Waals surface area contributed by atoms with E-state index in [2.05, 4.69) is 0 Å². The Balaban J connectivity index is 1.88. The van der Waals surface area contributed by atoms with Crippen LogP contribution in [0.1, 0.15) is 24.5 Å². The van der Waals surface area contributed by atoms with Gasteiger partial charge in [0, 0.05) is 6.42 Å². The van der Waals surface area contributed by atoms with Gasteiger partial charge in [-0.25, -0.2) is 0 Å². The van der Waals surface area contributed by atoms with Crippen molar-refractivity contribution in [3.8, 4) is 5.75 Å². The number of carbonyl (C=O) groups excluding carboxylic acids is 1. The lowest BCUT2D eigenvalue weighted by Crippen LogP contribution is -1.94. The summed E-state index contributed by atoms with van der Waals surface area (Å²) in [6.45, 7) is 2.16. The fourth-order valence-corrected chi connectivity index (χ4v) is 1.78. The van der Waals surface area contributed by atoms with Crippen molar-refractivity contribution in [2.24, 2.45) is 0 Å². The van der Waals surface area contributed by atoms with Crippen LogP contribution in [0.15, 0.2) is 60.7 Å². The molecule has 2 nitrogen and oxygen atoms in total. The maximum absolute atomic E-state index is 10.8. The highest BCUT2D eigenvalue weighted by Crippen LogP contribution is 2.15. The monoisotopic (exact) mass is 266 g/mol. The maximum Gasteiger partial charge on any atom is 0.133 e. The van der Waals surface area contributed by atoms with Gasteiger partial charge in [0.25, 0.3) is 0 Å². The number of ether oxygens (including phenoxy) is 1. The predicted octanol–water partition coefficient (Wildman–Crippen LogP) is 4.26. The first-order chi connectivity index (χ1) is 9.74. The van der Waals surface area contributed by atoms with Crippen LogP contribution in [0.25, 0.3) is 6.08 Å². The highest BCUT2D eigenvalue weighted by molar-refractivity contribution is 5.78. The molecule has 0 aliphatic heterocycles. The molecule has 2 rings (SSSR count). The molecule has 0 heterocycles. The first-order valence-electron chi connectivity index (χ1n) is 6.67. The van der Waals surface area contributed by atoms with Gasteiger partial charge >= 0.3 is 0 Å². The molecular weight excluding hydrogens is 248 g/mol. The van der Waals surface area contributed by atoms with E-state index in [0.717, 1.165) is 16.9 Å². The summed E-state index contributed by atoms with van der Waals surface area (Å²) in [5.41, 5.74) is 2.22. The van der Waals surface area contributed by atoms with Gasteiger partial charge in [0.05, 0.1) is 0 Å². The van der Waals surface area contributed by atoms with Crippen LogP contribution < -0.4 is 4.74 Å². The standard InChI is InChI=1S/C18H18O2/c1-15(19)6-5-9-16-10-12-18(13-11-16)20-14-17-7-3-2-4-8-17/h2-5,7-13H,6,14H2,1H3. The first-order valence-corrected chi connectivity index (χ1v) is 6.67. The topological polar surface area (TPSA) is 26.3 Å². The van der Waals surface area contributed by atoms with Crippen molar-refractivity contribution in [1.82, 2.24) is 0 Å². The number of benzene rings is 2. The maximum atomic E-state index is 10.8. The van der Waals surface area contributed by atoms with Crippen LogP contribution in [-0.4, -0.2) is 5.78 Å². The quantitative estimate of drug-likeness (QED) is 0.781. The molecule has 0 aliphatic rings. The van der Waals surface area contributed by atoms with E-state index in [1.54, 1.807) is 6.92 Å². The minimum atomic E-state index is 0.170. The molecule has 0 amide bonds. The molecule has 2 aromatic carbocycles. The molecular formula is C18H18O2. The number of allylic oxidation sites excluding steroid dienone is 1. The van der Waals surface area contributed by atoms with Crippen LogP contribution in [-0.2, 0) is 11.4 Å². The van der Waals surface area contributed by atoms with E-state index in [0.29, 0.717) is 13.0 Å². The minimum absolute atomic E-state index is 0.170. The number of carbonyl (C=O) groups is 1. The second-order valence-electron chi connectivity index (χ2n) is 4.65. The van der Waals surface area contributed by atoms with Gasteiger partial charge in [0.2, 0.25) is 0 Å². The van der Waals surface area contributed by atoms with Crippen LogP contribution in [0.2, 0.25) is 0 Å². The Bertz CT molecular complexity index is 568. The SMILES string of the molecule is CC(=O)CC=Cc1ccc(OCc2ccccc2)cc1. The van der Waals surface area contributed by atoms with Crippen LogP contribution in [0.3, 0.4) is 0 Å². The molecule has 0 spiro atoms. The van der Waals surface area contributed by atoms with E-state index in [-0.39, 0.29) is 5.78 Å². The van der Waals surface area contributed by atoms with Crippen LogP contribution in [0, 0.1) is 0 Å². The van der Waals surface area contributed by atoms with Gasteiger partial charge in [-0.1, -0.05) is 54.6 Å². The zero-order valence-electron chi connectivity index (χ0n) is 11.6. The fourth-order valence-electron chi connectivity index (χ4n) is 1.78. The molecule has 0 aliphatic carbocycles. The van der Waals surface area contributed by atoms with Gasteiger partial charge in [-0.2, -0.15) is 0 Å². The van der Waals surface area contributed by atoms with Crippen LogP contribution in [0.5, 0.6) is 5.75 Å². The largest absolute Gasteiger partial charge is 0.489 e. The molecule has 0 fully saturated rings. The van der Waals surface area contributed by atoms with E-state index < -0.39 is 0 Å². The third kappa shape index (κ3) is 4.73. The molecule has 0 atom stereocenters. The molecule has 0 saturated carbocycles. The Morgan fingerprint density at radius 1 is 1.05 bits per heavy atom. The molecule has 20 heavy (non-hydrogen) atoms. The average molecular weight is 266 g/mol. The van der Waals surface area contributed by atoms with E-state index in [4.69, 9.17) is 4.74 Å². The Morgan fingerprint density at radius 3 is 2.40 bits per heavy atom. The van der Waals surface area contributed by atoms with Crippen molar-refractivity contribution < 1.29 is 9.53 Å². The normalized spacial score (nSPS) is 10.7. The third-order valence-corrected chi connectivity index (χ3v) is 2.84. The van der Waals surface area contributed by atoms with Gasteiger partial charge in [-0.15, -0.1) is 0 Å². The van der Waals surface area contributed by atoms with Crippen LogP contribution >= 0.6 is 0 Å². The van der Waals surface area contributed by atoms with Gasteiger partial charge in [0.1, 0.15) is 18.1 Å². The smallest absolute Gasteiger partial charge is 0.133 e. The summed E-state index contributed by atoms with van der Waals surface area (Å²) < 4.78 is 5.71. The first kappa shape index (κ1) is 14.1. The summed E-state index contributed by atoms with van der Waals surface area (Å²) in [6, 6.07) is 17.9. The Labute approximate surface area is 119 Å². The zero-order chi connectivity index (χ0) is 14.2. The van der Waals surface area contributed by atoms with Crippen molar-refractivity contribution >= 4 is 11.9 Å². The highest BCUT2D eigenvalue weighted by Gasteiger charge is 1.95. The number of hydrogen-bond donors (Lipinski definition) is 0. The second kappa shape index (κ2) is 7.29. The van der Waals surface area contributed by atoms with Gasteiger partial charge in [-0.3, -0.25) is 4.79 Å². The van der Waals surface area contributed by atoms with Gasteiger partial charge in [0.15, 0.2) is 0 Å². The average Bonchev–Trinajstić information content (AvgIpc) is 2.47. The molecule has 0 aromatic heterocycles. The molecule has 2 aromatic rings. The summed E-state index contributed by atoms with van der Waals surface area (Å²) in [4.78, 5) is 10.8. The fraction of sp³-hybridized carbons (Fsp3) is 0.167. The zero-order valence-corrected chi connectivity index (χ0v) is 11.6. The lowest BCUT2D eigenvalue weighted by atomic mass is 10.2. The molecule has 102 valence electrons. The van der Waals surface area contributed by atoms with E-state index in [1.165, 1.54) is 0 Å². The minimum Gasteiger partial charge on any atom is -0.489 e. The molecule has 0 bridgehead atoms. The second-order valence-corrected chi connectivity index (χ2v) is 4.65. The van der Waals surface area contributed by atoms with E-state index in [9.17, 15) is 4.79 Å². The molecule has 0 saturated heterocycles. The van der Waals surface area contributed by atoms with E-state index in [1.807, 2.05) is 66.7 Å². The third-order valence-electron chi connectivity index (χ3n) is 2.84. The lowest BCUT2D eigenvalue weighted by Gasteiger charge is -2.06. The summed E-state index contributed by atoms with van der Waals surface area (Å²) in [5, 5.41) is 0. The number of hydrogen-bond acceptors (Lipinski definition) is 2. The number of rotatable bonds is 6. The number of ketones is 1. The molecule has 2 heteroatoms. The van der Waals surface area contributed by atoms with Crippen molar-refractivity contribution in [1.29, 1.82) is 0 Å². The summed E-state index contributed by atoms with van der Waals surface area (Å²) >= 11 is 0. The molecule has 0 N–H and O–H groups in total. The van der Waals surface area contributed by atoms with Crippen molar-refractivity contribution in [3.63, 3.8) is 0 Å². The molecule has 0 radical (unpaired) electrons. The lowest BCUT2D eigenvalue weighted by molar-refractivity contribution is -0.116. The summed E-state index contributed by atoms with van der Waals surface area (Å²) in [7, 11) is 0. The van der Waals surface area contributed by atoms with E-state index >= 15 is 0 Å². The van der Waals surface area contributed by atoms with Gasteiger partial charge in [-0.05, 0) is 30.2 Å². The van der Waals surface area contributed by atoms with Gasteiger partial charge < -0.3 is 4.74 Å². The Morgan fingerprint density at radius 2 is 1.75 bits per heavy atom. The van der Waals surface area contributed by atoms with Crippen molar-refractivity contribution in [2.75, 3.05) is 0 Å². The highest BCUT2D eigenvalue weighted by atomic mass is 16.5. The molecule has 0 unspecified atom stereocenters. The van der Waals surface area contributed by atoms with Crippen LogP contribution in [0.4, 0.5) is 0 Å². The summed E-state index contributed by atoms with van der Waals surface area (Å²) in [6.07, 6.45) is 4.30. The number of Topliss-reactive ketones (excluding diaryl/α,β-unsaturated/α-hetero) is 1. The predicted molar refractivity (Wildman–Crippen MR) is 81.5 cm³/mol. The summed E-state index contributed by atoms with van der Waals surface area (Å²) in [5.74, 6) is 1.02. The van der Waals surface area contributed by atoms with Crippen molar-refractivity contribution in [3.05, 3.63) is 71.8 Å². The van der Waals surface area contributed by atoms with Crippen molar-refractivity contribution in [2.45, 2.75) is 20.0 Å². The Hall–Kier alpha value is -2.35. The Kier molecular flexibility index (Phi) is 5.13.